The molecule has 1 aliphatic carbocycles. The predicted octanol–water partition coefficient (Wildman–Crippen LogP) is -3.26. The largest absolute Gasteiger partial charge is 0.507 e. The van der Waals surface area contributed by atoms with Crippen LogP contribution >= 0.6 is 25.3 Å². The monoisotopic (exact) mass is 830 g/mol. The molecule has 0 aromatic heterocycles. The zero-order valence-corrected chi connectivity index (χ0v) is 30.9. The second-order valence-corrected chi connectivity index (χ2v) is 12.7. The highest BCUT2D eigenvalue weighted by atomic mass is 32.1. The van der Waals surface area contributed by atoms with Crippen molar-refractivity contribution in [3.8, 4) is 17.2 Å². The highest BCUT2D eigenvalue weighted by Gasteiger charge is 2.47. The molecule has 0 spiro atoms. The summed E-state index contributed by atoms with van der Waals surface area (Å²) in [5.74, 6) is -20.3. The van der Waals surface area contributed by atoms with Crippen LogP contribution in [0.3, 0.4) is 0 Å². The van der Waals surface area contributed by atoms with Crippen molar-refractivity contribution >= 4 is 84.3 Å². The van der Waals surface area contributed by atoms with E-state index in [2.05, 4.69) is 35.9 Å². The fourth-order valence-electron chi connectivity index (χ4n) is 5.13. The van der Waals surface area contributed by atoms with Crippen molar-refractivity contribution in [2.75, 3.05) is 24.6 Å². The van der Waals surface area contributed by atoms with Crippen LogP contribution in [0.1, 0.15) is 52.0 Å². The summed E-state index contributed by atoms with van der Waals surface area (Å²) >= 11 is 7.96. The molecule has 0 heterocycles. The third-order valence-corrected chi connectivity index (χ3v) is 8.79. The molecule has 1 aliphatic rings. The smallest absolute Gasteiger partial charge is 0.323 e. The number of phenols is 3. The molecule has 0 aliphatic heterocycles. The molecule has 23 nitrogen and oxygen atoms in total. The predicted molar refractivity (Wildman–Crippen MR) is 192 cm³/mol. The number of allylic oxidation sites excluding steroid dienone is 2. The number of thiol groups is 2. The van der Waals surface area contributed by atoms with E-state index in [1.807, 2.05) is 0 Å². The number of ketones is 2. The summed E-state index contributed by atoms with van der Waals surface area (Å²) in [6.07, 6.45) is -2.09. The van der Waals surface area contributed by atoms with Gasteiger partial charge in [-0.25, -0.2) is 0 Å². The normalized spacial score (nSPS) is 14.4. The van der Waals surface area contributed by atoms with Gasteiger partial charge in [0.1, 0.15) is 54.4 Å². The average Bonchev–Trinajstić information content (AvgIpc) is 3.13. The number of carbonyl (C=O) groups is 10. The minimum atomic E-state index is -1.91. The number of nitrogens with two attached hydrogens (primary N) is 2. The number of carboxylic acids is 4. The number of carbonyl (C=O) groups excluding carboxylic acids is 6. The summed E-state index contributed by atoms with van der Waals surface area (Å²) in [6.45, 7) is -2.16. The van der Waals surface area contributed by atoms with Crippen LogP contribution in [0.25, 0.3) is 0 Å². The Hall–Kier alpha value is -5.92. The van der Waals surface area contributed by atoms with Crippen molar-refractivity contribution in [1.82, 2.24) is 20.4 Å². The molecule has 4 amide bonds. The van der Waals surface area contributed by atoms with Gasteiger partial charge in [-0.3, -0.25) is 57.7 Å². The Bertz CT molecular complexity index is 1750. The maximum absolute atomic E-state index is 14.4. The number of hydrogen-bond donors (Lipinski definition) is 13. The van der Waals surface area contributed by atoms with Crippen LogP contribution in [0, 0.1) is 6.92 Å². The minimum absolute atomic E-state index is 0.0298. The van der Waals surface area contributed by atoms with E-state index in [0.717, 1.165) is 6.92 Å². The minimum Gasteiger partial charge on any atom is -0.507 e. The van der Waals surface area contributed by atoms with Crippen LogP contribution in [-0.4, -0.2) is 153 Å². The zero-order chi connectivity index (χ0) is 42.9. The van der Waals surface area contributed by atoms with Gasteiger partial charge >= 0.3 is 23.9 Å². The number of nitrogens with zero attached hydrogens (tertiary/aromatic N) is 2. The number of amides is 4. The van der Waals surface area contributed by atoms with Gasteiger partial charge < -0.3 is 57.8 Å². The first kappa shape index (κ1) is 46.2. The van der Waals surface area contributed by atoms with Crippen molar-refractivity contribution in [2.45, 2.75) is 56.8 Å². The molecule has 0 fully saturated rings. The van der Waals surface area contributed by atoms with Gasteiger partial charge in [0.2, 0.25) is 23.4 Å². The SMILES string of the molecule is Cc1c(O)c(O)c2c(c1O)C(=O)C(N(CC(=O)O)C(=O)C(CS)NC(=O)CCC(N)C(=O)O)=C(N(CC(=O)O)C(=O)C(CS)NC(=O)CCC(N)C(=O)O)C2=O. The Balaban J connectivity index is 2.94. The third kappa shape index (κ3) is 10.6. The van der Waals surface area contributed by atoms with Crippen molar-refractivity contribution < 1.29 is 83.7 Å². The molecule has 1 aromatic rings. The van der Waals surface area contributed by atoms with Gasteiger partial charge in [0, 0.05) is 29.9 Å². The first-order chi connectivity index (χ1) is 26.0. The van der Waals surface area contributed by atoms with E-state index < -0.39 is 179 Å². The number of aromatic hydroxyl groups is 3. The Morgan fingerprint density at radius 2 is 0.964 bits per heavy atom. The number of benzene rings is 1. The van der Waals surface area contributed by atoms with Gasteiger partial charge in [0.25, 0.3) is 11.8 Å². The molecule has 13 N–H and O–H groups in total. The summed E-state index contributed by atoms with van der Waals surface area (Å²) in [5.41, 5.74) is 5.04. The van der Waals surface area contributed by atoms with Crippen molar-refractivity contribution in [3.63, 3.8) is 0 Å². The Morgan fingerprint density at radius 3 is 1.27 bits per heavy atom. The molecule has 25 heteroatoms. The van der Waals surface area contributed by atoms with Gasteiger partial charge in [0.15, 0.2) is 11.5 Å². The van der Waals surface area contributed by atoms with E-state index in [4.69, 9.17) is 21.7 Å². The van der Waals surface area contributed by atoms with Crippen LogP contribution < -0.4 is 22.1 Å². The number of aliphatic carboxylic acids is 4. The molecule has 56 heavy (non-hydrogen) atoms. The molecule has 4 unspecified atom stereocenters. The summed E-state index contributed by atoms with van der Waals surface area (Å²) in [7, 11) is 0. The molecular weight excluding hydrogens is 792 g/mol. The average molecular weight is 831 g/mol. The van der Waals surface area contributed by atoms with Gasteiger partial charge in [-0.1, -0.05) is 0 Å². The Labute approximate surface area is 326 Å². The summed E-state index contributed by atoms with van der Waals surface area (Å²) in [6, 6.07) is -6.81. The lowest BCUT2D eigenvalue weighted by molar-refractivity contribution is -0.145. The molecule has 0 bridgehead atoms. The van der Waals surface area contributed by atoms with Crippen molar-refractivity contribution in [1.29, 1.82) is 0 Å². The second-order valence-electron chi connectivity index (χ2n) is 12.0. The van der Waals surface area contributed by atoms with E-state index in [-0.39, 0.29) is 9.80 Å². The molecule has 0 radical (unpaired) electrons. The third-order valence-electron chi connectivity index (χ3n) is 8.06. The molecule has 4 atom stereocenters. The molecule has 0 saturated carbocycles. The molecule has 2 rings (SSSR count). The first-order valence-corrected chi connectivity index (χ1v) is 17.2. The molecule has 1 aromatic carbocycles. The second kappa shape index (κ2) is 19.6. The van der Waals surface area contributed by atoms with Gasteiger partial charge in [-0.2, -0.15) is 25.3 Å². The van der Waals surface area contributed by atoms with E-state index in [0.29, 0.717) is 0 Å². The van der Waals surface area contributed by atoms with Gasteiger partial charge in [-0.05, 0) is 19.8 Å². The first-order valence-electron chi connectivity index (χ1n) is 16.0. The fourth-order valence-corrected chi connectivity index (χ4v) is 5.63. The topological polar surface area (TPSA) is 395 Å². The van der Waals surface area contributed by atoms with E-state index >= 15 is 0 Å². The summed E-state index contributed by atoms with van der Waals surface area (Å²) in [5, 5.41) is 74.2. The van der Waals surface area contributed by atoms with E-state index in [1.165, 1.54) is 0 Å². The Morgan fingerprint density at radius 1 is 0.625 bits per heavy atom. The number of rotatable bonds is 20. The Kier molecular flexibility index (Phi) is 16.2. The summed E-state index contributed by atoms with van der Waals surface area (Å²) < 4.78 is 0. The summed E-state index contributed by atoms with van der Waals surface area (Å²) in [4.78, 5) is 129. The lowest BCUT2D eigenvalue weighted by atomic mass is 9.85. The number of nitrogens with one attached hydrogen (secondary N) is 2. The van der Waals surface area contributed by atoms with Crippen LogP contribution in [0.4, 0.5) is 0 Å². The standard InChI is InChI=1S/C31H38N6O17S2/c1-10-23(44)19-20(27(48)24(10)45)26(47)22(37(7-18(42)43)29(50)14(9-56)35-16(39)5-3-12(33)31(53)54)21(25(19)46)36(6-17(40)41)28(49)13(8-55)34-15(38)4-2-11(32)30(51)52/h11-14,44-45,48,55-56H,2-9,32-33H2,1H3,(H,34,38)(H,35,39)(H,40,41)(H,42,43)(H,51,52)(H,53,54). The zero-order valence-electron chi connectivity index (χ0n) is 29.1. The quantitative estimate of drug-likeness (QED) is 0.0348. The van der Waals surface area contributed by atoms with E-state index in [9.17, 15) is 73.5 Å². The van der Waals surface area contributed by atoms with Crippen molar-refractivity contribution in [2.24, 2.45) is 11.5 Å². The lowest BCUT2D eigenvalue weighted by Crippen LogP contribution is -2.55. The van der Waals surface area contributed by atoms with Crippen molar-refractivity contribution in [3.05, 3.63) is 28.1 Å². The maximum Gasteiger partial charge on any atom is 0.323 e. The van der Waals surface area contributed by atoms with Crippen LogP contribution in [0.5, 0.6) is 17.2 Å². The van der Waals surface area contributed by atoms with Crippen LogP contribution in [0.2, 0.25) is 0 Å². The van der Waals surface area contributed by atoms with E-state index in [1.54, 1.807) is 0 Å². The lowest BCUT2D eigenvalue weighted by Gasteiger charge is -2.36. The highest BCUT2D eigenvalue weighted by Crippen LogP contribution is 2.46. The van der Waals surface area contributed by atoms with Crippen LogP contribution in [-0.2, 0) is 38.4 Å². The molecule has 0 saturated heterocycles. The number of carboxylic acid groups (broad SMARTS) is 4. The number of fused-ring (bicyclic) bond motifs is 1. The maximum atomic E-state index is 14.4. The number of hydrogen-bond acceptors (Lipinski definition) is 17. The number of Topliss-reactive ketones (excluding diaryl/α,β-unsaturated/α-hetero) is 2. The van der Waals surface area contributed by atoms with Crippen LogP contribution in [0.15, 0.2) is 11.4 Å². The molecule has 306 valence electrons. The molecular formula is C31H38N6O17S2. The van der Waals surface area contributed by atoms with Gasteiger partial charge in [0.05, 0.1) is 11.1 Å². The number of phenolic OH excluding ortho intramolecular Hbond substituents is 3. The van der Waals surface area contributed by atoms with Gasteiger partial charge in [-0.15, -0.1) is 0 Å². The highest BCUT2D eigenvalue weighted by molar-refractivity contribution is 7.80. The fraction of sp³-hybridized carbons (Fsp3) is 0.419.